The van der Waals surface area contributed by atoms with Crippen LogP contribution in [0.2, 0.25) is 0 Å². The van der Waals surface area contributed by atoms with Crippen molar-refractivity contribution in [2.24, 2.45) is 5.10 Å². The molecule has 0 saturated heterocycles. The maximum Gasteiger partial charge on any atom is 0.344 e. The van der Waals surface area contributed by atoms with E-state index in [2.05, 4.69) is 10.1 Å². The molecule has 0 radical (unpaired) electrons. The van der Waals surface area contributed by atoms with Crippen LogP contribution in [-0.2, 0) is 9.53 Å². The summed E-state index contributed by atoms with van der Waals surface area (Å²) in [6.45, 7) is -0.490. The van der Waals surface area contributed by atoms with Gasteiger partial charge in [0.25, 0.3) is 11.5 Å². The van der Waals surface area contributed by atoms with Gasteiger partial charge in [-0.15, -0.1) is 22.7 Å². The van der Waals surface area contributed by atoms with Crippen LogP contribution in [0.25, 0.3) is 0 Å². The topological polar surface area (TPSA) is 91.8 Å². The van der Waals surface area contributed by atoms with Crippen molar-refractivity contribution in [2.75, 3.05) is 6.61 Å². The van der Waals surface area contributed by atoms with Crippen molar-refractivity contribution in [3.63, 3.8) is 0 Å². The van der Waals surface area contributed by atoms with Gasteiger partial charge < -0.3 is 9.72 Å². The molecule has 0 aliphatic carbocycles. The monoisotopic (exact) mass is 413 g/mol. The van der Waals surface area contributed by atoms with Gasteiger partial charge in [-0.3, -0.25) is 9.59 Å². The average molecular weight is 413 g/mol. The molecule has 0 unspecified atom stereocenters. The number of pyridine rings is 1. The third kappa shape index (κ3) is 3.67. The fraction of sp³-hybridized carbons (Fsp3) is 0.158. The quantitative estimate of drug-likeness (QED) is 0.651. The molecular formula is C19H15N3O4S2. The lowest BCUT2D eigenvalue weighted by Crippen LogP contribution is -2.31. The van der Waals surface area contributed by atoms with E-state index >= 15 is 0 Å². The summed E-state index contributed by atoms with van der Waals surface area (Å²) in [5.41, 5.74) is 0.123. The zero-order chi connectivity index (χ0) is 19.5. The zero-order valence-corrected chi connectivity index (χ0v) is 16.2. The van der Waals surface area contributed by atoms with Gasteiger partial charge in [-0.2, -0.15) is 5.10 Å². The molecule has 4 heterocycles. The van der Waals surface area contributed by atoms with E-state index in [0.29, 0.717) is 6.42 Å². The highest BCUT2D eigenvalue weighted by Gasteiger charge is 2.34. The first-order valence-corrected chi connectivity index (χ1v) is 10.2. The Hall–Kier alpha value is -3.04. The van der Waals surface area contributed by atoms with Crippen LogP contribution in [0, 0.1) is 0 Å². The smallest absolute Gasteiger partial charge is 0.344 e. The van der Waals surface area contributed by atoms with Crippen molar-refractivity contribution in [2.45, 2.75) is 12.5 Å². The second-order valence-corrected chi connectivity index (χ2v) is 7.91. The summed E-state index contributed by atoms with van der Waals surface area (Å²) < 4.78 is 5.06. The number of aromatic nitrogens is 1. The lowest BCUT2D eigenvalue weighted by Gasteiger charge is -2.20. The summed E-state index contributed by atoms with van der Waals surface area (Å²) in [6, 6.07) is 10.4. The molecule has 0 saturated carbocycles. The Morgan fingerprint density at radius 3 is 2.71 bits per heavy atom. The first-order valence-electron chi connectivity index (χ1n) is 8.45. The third-order valence-electron chi connectivity index (χ3n) is 4.21. The number of hydrazone groups is 1. The van der Waals surface area contributed by atoms with E-state index in [1.54, 1.807) is 22.7 Å². The van der Waals surface area contributed by atoms with Crippen molar-refractivity contribution < 1.29 is 14.3 Å². The summed E-state index contributed by atoms with van der Waals surface area (Å²) in [6.07, 6.45) is 2.01. The molecule has 1 aliphatic heterocycles. The van der Waals surface area contributed by atoms with Crippen LogP contribution in [0.3, 0.4) is 0 Å². The Bertz CT molecular complexity index is 1070. The van der Waals surface area contributed by atoms with Crippen molar-refractivity contribution in [1.29, 1.82) is 0 Å². The second kappa shape index (κ2) is 7.91. The van der Waals surface area contributed by atoms with E-state index in [-0.39, 0.29) is 11.6 Å². The molecule has 142 valence electrons. The van der Waals surface area contributed by atoms with Gasteiger partial charge in [0.2, 0.25) is 0 Å². The molecule has 3 aromatic heterocycles. The minimum Gasteiger partial charge on any atom is -0.452 e. The van der Waals surface area contributed by atoms with E-state index in [9.17, 15) is 14.4 Å². The highest BCUT2D eigenvalue weighted by Crippen LogP contribution is 2.35. The van der Waals surface area contributed by atoms with Crippen LogP contribution < -0.4 is 5.56 Å². The molecule has 9 heteroatoms. The number of ether oxygens (including phenoxy) is 1. The molecule has 7 nitrogen and oxygen atoms in total. The van der Waals surface area contributed by atoms with Crippen molar-refractivity contribution >= 4 is 40.3 Å². The number of thiophene rings is 2. The normalized spacial score (nSPS) is 16.1. The number of hydrogen-bond donors (Lipinski definition) is 1. The van der Waals surface area contributed by atoms with E-state index in [4.69, 9.17) is 4.74 Å². The summed E-state index contributed by atoms with van der Waals surface area (Å²) in [5, 5.41) is 9.78. The minimum absolute atomic E-state index is 0.144. The molecular weight excluding hydrogens is 398 g/mol. The maximum absolute atomic E-state index is 12.8. The molecule has 1 N–H and O–H groups in total. The Morgan fingerprint density at radius 2 is 2.00 bits per heavy atom. The number of hydrogen-bond acceptors (Lipinski definition) is 7. The Morgan fingerprint density at radius 1 is 1.18 bits per heavy atom. The molecule has 0 bridgehead atoms. The number of H-pyrrole nitrogens is 1. The molecule has 28 heavy (non-hydrogen) atoms. The fourth-order valence-electron chi connectivity index (χ4n) is 2.89. The first kappa shape index (κ1) is 18.3. The number of carbonyl (C=O) groups is 2. The fourth-order valence-corrected chi connectivity index (χ4v) is 4.42. The number of nitrogens with zero attached hydrogens (tertiary/aromatic N) is 2. The summed E-state index contributed by atoms with van der Waals surface area (Å²) >= 11 is 3.11. The number of aromatic amines is 1. The molecule has 3 aromatic rings. The number of carbonyl (C=O) groups excluding carboxylic acids is 2. The molecule has 1 amide bonds. The van der Waals surface area contributed by atoms with Gasteiger partial charge >= 0.3 is 5.97 Å². The van der Waals surface area contributed by atoms with E-state index in [1.165, 1.54) is 23.3 Å². The van der Waals surface area contributed by atoms with Crippen LogP contribution in [0.1, 0.15) is 32.6 Å². The summed E-state index contributed by atoms with van der Waals surface area (Å²) in [5.74, 6) is -1.28. The molecule has 0 fully saturated rings. The lowest BCUT2D eigenvalue weighted by molar-refractivity contribution is -0.136. The van der Waals surface area contributed by atoms with Gasteiger partial charge in [-0.05, 0) is 35.0 Å². The standard InChI is InChI=1S/C19H15N3O4S2/c23-17(11-26-19(25)12-4-1-7-20-18(12)24)22-14(16-6-3-9-28-16)10-13(21-22)15-5-2-8-27-15/h1-9,14H,10-11H2,(H,20,24)/t14-/m1/s1. The molecule has 0 aromatic carbocycles. The van der Waals surface area contributed by atoms with Gasteiger partial charge in [-0.25, -0.2) is 9.80 Å². The van der Waals surface area contributed by atoms with Gasteiger partial charge in [0.1, 0.15) is 5.56 Å². The molecule has 1 atom stereocenters. The Kier molecular flexibility index (Phi) is 5.18. The number of amides is 1. The van der Waals surface area contributed by atoms with Gasteiger partial charge in [0.05, 0.1) is 16.6 Å². The van der Waals surface area contributed by atoms with Crippen molar-refractivity contribution in [3.8, 4) is 0 Å². The highest BCUT2D eigenvalue weighted by molar-refractivity contribution is 7.12. The number of rotatable bonds is 5. The SMILES string of the molecule is O=C(OCC(=O)N1N=C(c2cccs2)C[C@@H]1c1cccs1)c1ccc[nH]c1=O. The van der Waals surface area contributed by atoms with Gasteiger partial charge in [0, 0.05) is 17.5 Å². The van der Waals surface area contributed by atoms with Crippen molar-refractivity contribution in [3.05, 3.63) is 79.0 Å². The average Bonchev–Trinajstić information content (AvgIpc) is 3.46. The Balaban J connectivity index is 1.51. The molecule has 1 aliphatic rings. The first-order chi connectivity index (χ1) is 13.6. The van der Waals surface area contributed by atoms with Crippen LogP contribution in [0.15, 0.2) is 63.3 Å². The summed E-state index contributed by atoms with van der Waals surface area (Å²) in [4.78, 5) is 40.9. The van der Waals surface area contributed by atoms with E-state index in [1.807, 2.05) is 35.0 Å². The molecule has 4 rings (SSSR count). The third-order valence-corrected chi connectivity index (χ3v) is 6.10. The predicted molar refractivity (Wildman–Crippen MR) is 107 cm³/mol. The maximum atomic E-state index is 12.8. The van der Waals surface area contributed by atoms with Gasteiger partial charge in [0.15, 0.2) is 6.61 Å². The van der Waals surface area contributed by atoms with Gasteiger partial charge in [-0.1, -0.05) is 12.1 Å². The highest BCUT2D eigenvalue weighted by atomic mass is 32.1. The minimum atomic E-state index is -0.843. The van der Waals surface area contributed by atoms with E-state index < -0.39 is 24.0 Å². The summed E-state index contributed by atoms with van der Waals surface area (Å²) in [7, 11) is 0. The number of esters is 1. The van der Waals surface area contributed by atoms with Crippen LogP contribution in [-0.4, -0.2) is 34.2 Å². The predicted octanol–water partition coefficient (Wildman–Crippen LogP) is 3.03. The second-order valence-electron chi connectivity index (χ2n) is 5.99. The number of nitrogens with one attached hydrogen (secondary N) is 1. The van der Waals surface area contributed by atoms with Crippen LogP contribution in [0.4, 0.5) is 0 Å². The van der Waals surface area contributed by atoms with Crippen molar-refractivity contribution in [1.82, 2.24) is 9.99 Å². The lowest BCUT2D eigenvalue weighted by atomic mass is 10.1. The largest absolute Gasteiger partial charge is 0.452 e. The van der Waals surface area contributed by atoms with Crippen LogP contribution in [0.5, 0.6) is 0 Å². The Labute approximate surface area is 167 Å². The zero-order valence-electron chi connectivity index (χ0n) is 14.5. The van der Waals surface area contributed by atoms with E-state index in [0.717, 1.165) is 15.5 Å². The molecule has 0 spiro atoms. The van der Waals surface area contributed by atoms with Crippen LogP contribution >= 0.6 is 22.7 Å².